The predicted molar refractivity (Wildman–Crippen MR) is 96.6 cm³/mol. The van der Waals surface area contributed by atoms with Gasteiger partial charge in [-0.15, -0.1) is 0 Å². The van der Waals surface area contributed by atoms with Gasteiger partial charge in [-0.3, -0.25) is 0 Å². The average molecular weight is 387 g/mol. The number of anilines is 1. The molecule has 1 nitrogen and oxygen atoms in total. The molecule has 21 heavy (non-hydrogen) atoms. The zero-order valence-corrected chi connectivity index (χ0v) is 15.4. The molecule has 0 amide bonds. The summed E-state index contributed by atoms with van der Waals surface area (Å²) in [6.07, 6.45) is 0. The van der Waals surface area contributed by atoms with E-state index in [1.54, 1.807) is 0 Å². The summed E-state index contributed by atoms with van der Waals surface area (Å²) >= 11 is 15.8. The van der Waals surface area contributed by atoms with Crippen molar-refractivity contribution < 1.29 is 0 Å². The average Bonchev–Trinajstić information content (AvgIpc) is 2.37. The summed E-state index contributed by atoms with van der Waals surface area (Å²) in [6, 6.07) is 12.3. The maximum absolute atomic E-state index is 6.21. The van der Waals surface area contributed by atoms with E-state index in [2.05, 4.69) is 66.3 Å². The minimum absolute atomic E-state index is 0.171. The minimum atomic E-state index is 0.171. The Hall–Kier alpha value is -0.700. The largest absolute Gasteiger partial charge is 0.379 e. The van der Waals surface area contributed by atoms with Gasteiger partial charge in [0.05, 0.1) is 15.7 Å². The van der Waals surface area contributed by atoms with Crippen molar-refractivity contribution in [3.63, 3.8) is 0 Å². The van der Waals surface area contributed by atoms with E-state index in [1.165, 1.54) is 11.1 Å². The van der Waals surface area contributed by atoms with Gasteiger partial charge in [0.2, 0.25) is 0 Å². The number of rotatable bonds is 3. The second-order valence-electron chi connectivity index (χ2n) is 6.04. The zero-order valence-electron chi connectivity index (χ0n) is 12.3. The molecule has 0 aromatic heterocycles. The van der Waals surface area contributed by atoms with E-state index in [9.17, 15) is 0 Å². The molecule has 2 aromatic rings. The maximum atomic E-state index is 6.21. The number of hydrogen-bond donors (Lipinski definition) is 1. The molecule has 1 N–H and O–H groups in total. The minimum Gasteiger partial charge on any atom is -0.379 e. The Bertz CT molecular complexity index is 607. The Kier molecular flexibility index (Phi) is 5.24. The smallest absolute Gasteiger partial charge is 0.0722 e. The fourth-order valence-corrected chi connectivity index (χ4v) is 3.37. The van der Waals surface area contributed by atoms with Crippen molar-refractivity contribution in [1.82, 2.24) is 0 Å². The van der Waals surface area contributed by atoms with Crippen LogP contribution in [0.15, 0.2) is 40.9 Å². The molecule has 0 aliphatic heterocycles. The lowest BCUT2D eigenvalue weighted by atomic mass is 9.87. The summed E-state index contributed by atoms with van der Waals surface area (Å²) < 4.78 is 0.873. The molecule has 0 spiro atoms. The molecule has 2 rings (SSSR count). The van der Waals surface area contributed by atoms with E-state index >= 15 is 0 Å². The quantitative estimate of drug-likeness (QED) is 0.621. The van der Waals surface area contributed by atoms with Crippen molar-refractivity contribution >= 4 is 44.8 Å². The number of halogens is 3. The van der Waals surface area contributed by atoms with Gasteiger partial charge in [-0.25, -0.2) is 0 Å². The monoisotopic (exact) mass is 385 g/mol. The van der Waals surface area contributed by atoms with Crippen LogP contribution in [0, 0.1) is 0 Å². The van der Waals surface area contributed by atoms with Crippen LogP contribution in [0.25, 0.3) is 0 Å². The first-order valence-corrected chi connectivity index (χ1v) is 8.30. The van der Waals surface area contributed by atoms with Gasteiger partial charge >= 0.3 is 0 Å². The molecular formula is C17H18BrCl2N. The lowest BCUT2D eigenvalue weighted by Gasteiger charge is -2.19. The van der Waals surface area contributed by atoms with E-state index in [4.69, 9.17) is 23.2 Å². The van der Waals surface area contributed by atoms with Gasteiger partial charge in [-0.1, -0.05) is 84.2 Å². The van der Waals surface area contributed by atoms with Crippen molar-refractivity contribution in [3.8, 4) is 0 Å². The van der Waals surface area contributed by atoms with E-state index in [-0.39, 0.29) is 5.41 Å². The van der Waals surface area contributed by atoms with E-state index in [1.807, 2.05) is 12.1 Å². The SMILES string of the molecule is CC(C)(C)c1ccc(CNc2c(Cl)cc(Br)cc2Cl)cc1. The molecule has 2 aromatic carbocycles. The third kappa shape index (κ3) is 4.38. The van der Waals surface area contributed by atoms with Crippen LogP contribution >= 0.6 is 39.1 Å². The molecule has 0 fully saturated rings. The highest BCUT2D eigenvalue weighted by molar-refractivity contribution is 9.10. The van der Waals surface area contributed by atoms with Crippen molar-refractivity contribution in [3.05, 3.63) is 62.0 Å². The molecular weight excluding hydrogens is 369 g/mol. The molecule has 0 heterocycles. The van der Waals surface area contributed by atoms with Gasteiger partial charge in [-0.05, 0) is 28.7 Å². The lowest BCUT2D eigenvalue weighted by Crippen LogP contribution is -2.11. The fraction of sp³-hybridized carbons (Fsp3) is 0.294. The maximum Gasteiger partial charge on any atom is 0.0722 e. The Morgan fingerprint density at radius 3 is 2.00 bits per heavy atom. The van der Waals surface area contributed by atoms with Crippen LogP contribution in [0.1, 0.15) is 31.9 Å². The molecule has 0 saturated heterocycles. The summed E-state index contributed by atoms with van der Waals surface area (Å²) in [6.45, 7) is 7.32. The van der Waals surface area contributed by atoms with E-state index in [0.29, 0.717) is 16.6 Å². The highest BCUT2D eigenvalue weighted by atomic mass is 79.9. The molecule has 112 valence electrons. The highest BCUT2D eigenvalue weighted by Gasteiger charge is 2.13. The molecule has 0 aliphatic carbocycles. The Labute approximate surface area is 144 Å². The first-order chi connectivity index (χ1) is 9.77. The van der Waals surface area contributed by atoms with Crippen molar-refractivity contribution in [2.75, 3.05) is 5.32 Å². The van der Waals surface area contributed by atoms with Crippen LogP contribution in [0.5, 0.6) is 0 Å². The van der Waals surface area contributed by atoms with Crippen molar-refractivity contribution in [2.45, 2.75) is 32.7 Å². The Balaban J connectivity index is 2.10. The Morgan fingerprint density at radius 1 is 1.00 bits per heavy atom. The normalized spacial score (nSPS) is 11.5. The zero-order chi connectivity index (χ0) is 15.6. The first kappa shape index (κ1) is 16.7. The number of benzene rings is 2. The van der Waals surface area contributed by atoms with Crippen LogP contribution in [0.4, 0.5) is 5.69 Å². The molecule has 0 atom stereocenters. The first-order valence-electron chi connectivity index (χ1n) is 6.75. The van der Waals surface area contributed by atoms with Gasteiger partial charge in [0.1, 0.15) is 0 Å². The fourth-order valence-electron chi connectivity index (χ4n) is 2.02. The molecule has 0 saturated carbocycles. The van der Waals surface area contributed by atoms with Gasteiger partial charge < -0.3 is 5.32 Å². The highest BCUT2D eigenvalue weighted by Crippen LogP contribution is 2.34. The van der Waals surface area contributed by atoms with Crippen LogP contribution in [0.2, 0.25) is 10.0 Å². The van der Waals surface area contributed by atoms with Crippen molar-refractivity contribution in [2.24, 2.45) is 0 Å². The topological polar surface area (TPSA) is 12.0 Å². The van der Waals surface area contributed by atoms with Gasteiger partial charge in [0, 0.05) is 11.0 Å². The van der Waals surface area contributed by atoms with E-state index in [0.717, 1.165) is 10.2 Å². The number of nitrogens with one attached hydrogen (secondary N) is 1. The van der Waals surface area contributed by atoms with Gasteiger partial charge in [0.15, 0.2) is 0 Å². The Morgan fingerprint density at radius 2 is 1.52 bits per heavy atom. The molecule has 4 heteroatoms. The summed E-state index contributed by atoms with van der Waals surface area (Å²) in [5.41, 5.74) is 3.45. The lowest BCUT2D eigenvalue weighted by molar-refractivity contribution is 0.590. The molecule has 0 radical (unpaired) electrons. The van der Waals surface area contributed by atoms with Crippen LogP contribution in [-0.2, 0) is 12.0 Å². The predicted octanol–water partition coefficient (Wildman–Crippen LogP) is 6.67. The molecule has 0 unspecified atom stereocenters. The summed E-state index contributed by atoms with van der Waals surface area (Å²) in [5.74, 6) is 0. The van der Waals surface area contributed by atoms with E-state index < -0.39 is 0 Å². The van der Waals surface area contributed by atoms with Gasteiger partial charge in [-0.2, -0.15) is 0 Å². The second kappa shape index (κ2) is 6.60. The summed E-state index contributed by atoms with van der Waals surface area (Å²) in [5, 5.41) is 4.52. The third-order valence-corrected chi connectivity index (χ3v) is 4.35. The standard InChI is InChI=1S/C17H18BrCl2N/c1-17(2,3)12-6-4-11(5-7-12)10-21-16-14(19)8-13(18)9-15(16)20/h4-9,21H,10H2,1-3H3. The third-order valence-electron chi connectivity index (χ3n) is 3.30. The molecule has 0 aliphatic rings. The van der Waals surface area contributed by atoms with Crippen LogP contribution in [-0.4, -0.2) is 0 Å². The van der Waals surface area contributed by atoms with Crippen LogP contribution < -0.4 is 5.32 Å². The molecule has 0 bridgehead atoms. The second-order valence-corrected chi connectivity index (χ2v) is 7.77. The number of hydrogen-bond acceptors (Lipinski definition) is 1. The van der Waals surface area contributed by atoms with Gasteiger partial charge in [0.25, 0.3) is 0 Å². The summed E-state index contributed by atoms with van der Waals surface area (Å²) in [4.78, 5) is 0. The van der Waals surface area contributed by atoms with Crippen molar-refractivity contribution in [1.29, 1.82) is 0 Å². The van der Waals surface area contributed by atoms with Crippen LogP contribution in [0.3, 0.4) is 0 Å². The summed E-state index contributed by atoms with van der Waals surface area (Å²) in [7, 11) is 0.